The minimum Gasteiger partial charge on any atom is -0.354 e. The Morgan fingerprint density at radius 1 is 1.22 bits per heavy atom. The summed E-state index contributed by atoms with van der Waals surface area (Å²) in [6, 6.07) is 16.3. The van der Waals surface area contributed by atoms with Gasteiger partial charge in [-0.25, -0.2) is 0 Å². The van der Waals surface area contributed by atoms with Crippen LogP contribution in [0.25, 0.3) is 22.6 Å². The fourth-order valence-corrected chi connectivity index (χ4v) is 2.56. The molecule has 0 atom stereocenters. The van der Waals surface area contributed by atoms with Gasteiger partial charge in [0.15, 0.2) is 0 Å². The normalized spacial score (nSPS) is 11.6. The lowest BCUT2D eigenvalue weighted by Crippen LogP contribution is -1.79. The number of H-pyrrole nitrogens is 1. The predicted molar refractivity (Wildman–Crippen MR) is 76.1 cm³/mol. The van der Waals surface area contributed by atoms with Crippen LogP contribution >= 0.6 is 11.3 Å². The molecular weight excluding hydrogens is 240 g/mol. The van der Waals surface area contributed by atoms with Crippen LogP contribution in [0, 0.1) is 11.3 Å². The third-order valence-electron chi connectivity index (χ3n) is 2.77. The molecule has 3 rings (SSSR count). The molecule has 3 aromatic rings. The van der Waals surface area contributed by atoms with Crippen LogP contribution < -0.4 is 0 Å². The van der Waals surface area contributed by atoms with Crippen LogP contribution in [0.3, 0.4) is 0 Å². The smallest absolute Gasteiger partial charge is 0.101 e. The molecule has 0 spiro atoms. The predicted octanol–water partition coefficient (Wildman–Crippen LogP) is 4.29. The van der Waals surface area contributed by atoms with Crippen LogP contribution in [0.15, 0.2) is 47.8 Å². The van der Waals surface area contributed by atoms with Crippen LogP contribution in [-0.4, -0.2) is 4.98 Å². The van der Waals surface area contributed by atoms with Crippen LogP contribution in [-0.2, 0) is 0 Å². The van der Waals surface area contributed by atoms with Gasteiger partial charge in [-0.2, -0.15) is 5.26 Å². The van der Waals surface area contributed by atoms with E-state index in [0.717, 1.165) is 21.5 Å². The van der Waals surface area contributed by atoms with Gasteiger partial charge < -0.3 is 4.98 Å². The van der Waals surface area contributed by atoms with Crippen molar-refractivity contribution in [3.8, 4) is 6.07 Å². The van der Waals surface area contributed by atoms with Crippen molar-refractivity contribution in [3.63, 3.8) is 0 Å². The zero-order chi connectivity index (χ0) is 12.4. The van der Waals surface area contributed by atoms with Crippen LogP contribution in [0.5, 0.6) is 0 Å². The van der Waals surface area contributed by atoms with Crippen LogP contribution in [0.4, 0.5) is 0 Å². The first-order valence-corrected chi connectivity index (χ1v) is 6.48. The summed E-state index contributed by atoms with van der Waals surface area (Å²) in [5.41, 5.74) is 2.58. The van der Waals surface area contributed by atoms with E-state index in [9.17, 15) is 5.26 Å². The number of nitriles is 1. The highest BCUT2D eigenvalue weighted by atomic mass is 32.1. The second kappa shape index (κ2) is 4.52. The maximum Gasteiger partial charge on any atom is 0.101 e. The molecule has 0 amide bonds. The quantitative estimate of drug-likeness (QED) is 0.677. The Labute approximate surface area is 109 Å². The number of nitrogens with one attached hydrogen (secondary N) is 1. The van der Waals surface area contributed by atoms with Crippen molar-refractivity contribution in [2.24, 2.45) is 0 Å². The second-order valence-corrected chi connectivity index (χ2v) is 4.93. The SMILES string of the molecule is N#C/C(=C\c1cccs1)c1cc2ccccc2[nH]1. The van der Waals surface area contributed by atoms with E-state index in [-0.39, 0.29) is 0 Å². The van der Waals surface area contributed by atoms with Gasteiger partial charge in [0, 0.05) is 15.8 Å². The molecule has 2 heterocycles. The number of aromatic amines is 1. The Kier molecular flexibility index (Phi) is 2.71. The zero-order valence-corrected chi connectivity index (χ0v) is 10.4. The van der Waals surface area contributed by atoms with E-state index < -0.39 is 0 Å². The number of aromatic nitrogens is 1. The van der Waals surface area contributed by atoms with E-state index in [1.54, 1.807) is 11.3 Å². The maximum absolute atomic E-state index is 9.27. The average molecular weight is 250 g/mol. The molecular formula is C15H10N2S. The lowest BCUT2D eigenvalue weighted by atomic mass is 10.1. The van der Waals surface area contributed by atoms with Crippen LogP contribution in [0.2, 0.25) is 0 Å². The molecule has 3 heteroatoms. The minimum atomic E-state index is 0.661. The number of fused-ring (bicyclic) bond motifs is 1. The number of para-hydroxylation sites is 1. The molecule has 86 valence electrons. The van der Waals surface area contributed by atoms with E-state index in [2.05, 4.69) is 11.1 Å². The van der Waals surface area contributed by atoms with Crippen molar-refractivity contribution in [2.45, 2.75) is 0 Å². The van der Waals surface area contributed by atoms with Crippen molar-refractivity contribution in [1.29, 1.82) is 5.26 Å². The lowest BCUT2D eigenvalue weighted by molar-refractivity contribution is 1.41. The third-order valence-corrected chi connectivity index (χ3v) is 3.59. The molecule has 2 nitrogen and oxygen atoms in total. The number of rotatable bonds is 2. The number of nitrogens with zero attached hydrogens (tertiary/aromatic N) is 1. The molecule has 0 saturated heterocycles. The van der Waals surface area contributed by atoms with Crippen molar-refractivity contribution in [3.05, 3.63) is 58.4 Å². The summed E-state index contributed by atoms with van der Waals surface area (Å²) in [7, 11) is 0. The van der Waals surface area contributed by atoms with Crippen molar-refractivity contribution < 1.29 is 0 Å². The molecule has 2 aromatic heterocycles. The first-order valence-electron chi connectivity index (χ1n) is 5.60. The largest absolute Gasteiger partial charge is 0.354 e. The fourth-order valence-electron chi connectivity index (χ4n) is 1.90. The third kappa shape index (κ3) is 1.94. The summed E-state index contributed by atoms with van der Waals surface area (Å²) < 4.78 is 0. The lowest BCUT2D eigenvalue weighted by Gasteiger charge is -1.93. The summed E-state index contributed by atoms with van der Waals surface area (Å²) in [6.45, 7) is 0. The van der Waals surface area contributed by atoms with Gasteiger partial charge in [-0.3, -0.25) is 0 Å². The van der Waals surface area contributed by atoms with E-state index in [1.165, 1.54) is 0 Å². The Hall–Kier alpha value is -2.31. The van der Waals surface area contributed by atoms with E-state index >= 15 is 0 Å². The first-order chi connectivity index (χ1) is 8.86. The highest BCUT2D eigenvalue weighted by Gasteiger charge is 2.05. The zero-order valence-electron chi connectivity index (χ0n) is 9.55. The van der Waals surface area contributed by atoms with Crippen molar-refractivity contribution >= 4 is 33.9 Å². The Balaban J connectivity index is 2.09. The highest BCUT2D eigenvalue weighted by Crippen LogP contribution is 2.23. The van der Waals surface area contributed by atoms with Crippen molar-refractivity contribution in [1.82, 2.24) is 4.98 Å². The summed E-state index contributed by atoms with van der Waals surface area (Å²) in [5, 5.41) is 12.4. The number of hydrogen-bond donors (Lipinski definition) is 1. The molecule has 0 aliphatic carbocycles. The number of thiophene rings is 1. The molecule has 0 radical (unpaired) electrons. The molecule has 1 N–H and O–H groups in total. The summed E-state index contributed by atoms with van der Waals surface area (Å²) in [5.74, 6) is 0. The number of hydrogen-bond acceptors (Lipinski definition) is 2. The molecule has 0 saturated carbocycles. The van der Waals surface area contributed by atoms with Gasteiger partial charge in [-0.05, 0) is 29.7 Å². The van der Waals surface area contributed by atoms with Gasteiger partial charge >= 0.3 is 0 Å². The summed E-state index contributed by atoms with van der Waals surface area (Å²) in [6.07, 6.45) is 1.91. The van der Waals surface area contributed by atoms with E-state index in [0.29, 0.717) is 5.57 Å². The summed E-state index contributed by atoms with van der Waals surface area (Å²) in [4.78, 5) is 4.36. The molecule has 1 aromatic carbocycles. The van der Waals surface area contributed by atoms with Gasteiger partial charge in [-0.15, -0.1) is 11.3 Å². The second-order valence-electron chi connectivity index (χ2n) is 3.96. The maximum atomic E-state index is 9.27. The number of allylic oxidation sites excluding steroid dienone is 1. The molecule has 0 aliphatic rings. The molecule has 0 unspecified atom stereocenters. The standard InChI is InChI=1S/C15H10N2S/c16-10-12(8-13-5-3-7-18-13)15-9-11-4-1-2-6-14(11)17-15/h1-9,17H/b12-8+. The van der Waals surface area contributed by atoms with Gasteiger partial charge in [-0.1, -0.05) is 24.3 Å². The van der Waals surface area contributed by atoms with E-state index in [4.69, 9.17) is 0 Å². The molecule has 0 bridgehead atoms. The molecule has 18 heavy (non-hydrogen) atoms. The molecule has 0 fully saturated rings. The van der Waals surface area contributed by atoms with Crippen LogP contribution in [0.1, 0.15) is 10.6 Å². The van der Waals surface area contributed by atoms with E-state index in [1.807, 2.05) is 53.9 Å². The Morgan fingerprint density at radius 3 is 2.83 bits per heavy atom. The van der Waals surface area contributed by atoms with Crippen molar-refractivity contribution in [2.75, 3.05) is 0 Å². The Bertz CT molecular complexity index is 709. The average Bonchev–Trinajstić information content (AvgIpc) is 3.04. The topological polar surface area (TPSA) is 39.6 Å². The minimum absolute atomic E-state index is 0.661. The Morgan fingerprint density at radius 2 is 2.11 bits per heavy atom. The van der Waals surface area contributed by atoms with Gasteiger partial charge in [0.2, 0.25) is 0 Å². The van der Waals surface area contributed by atoms with Gasteiger partial charge in [0.1, 0.15) is 6.07 Å². The highest BCUT2D eigenvalue weighted by molar-refractivity contribution is 7.10. The molecule has 0 aliphatic heterocycles. The number of benzene rings is 1. The van der Waals surface area contributed by atoms with Gasteiger partial charge in [0.05, 0.1) is 11.3 Å². The van der Waals surface area contributed by atoms with Gasteiger partial charge in [0.25, 0.3) is 0 Å². The summed E-state index contributed by atoms with van der Waals surface area (Å²) >= 11 is 1.63. The monoisotopic (exact) mass is 250 g/mol. The first kappa shape index (κ1) is 10.8. The fraction of sp³-hybridized carbons (Fsp3) is 0.